The summed E-state index contributed by atoms with van der Waals surface area (Å²) in [6, 6.07) is 13.3. The van der Waals surface area contributed by atoms with Crippen LogP contribution in [0, 0.1) is 5.82 Å². The molecule has 1 saturated heterocycles. The van der Waals surface area contributed by atoms with E-state index in [0.29, 0.717) is 18.7 Å². The molecular weight excluding hydrogens is 449 g/mol. The van der Waals surface area contributed by atoms with Gasteiger partial charge in [0.25, 0.3) is 0 Å². The summed E-state index contributed by atoms with van der Waals surface area (Å²) >= 11 is 3.35. The summed E-state index contributed by atoms with van der Waals surface area (Å²) in [5, 5.41) is 10.5. The minimum absolute atomic E-state index is 0.0581. The average molecular weight is 472 g/mol. The Hall–Kier alpha value is -1.48. The smallest absolute Gasteiger partial charge is 0.151 e. The number of benzene rings is 2. The van der Waals surface area contributed by atoms with Gasteiger partial charge in [0, 0.05) is 23.6 Å². The van der Waals surface area contributed by atoms with Crippen LogP contribution in [0.4, 0.5) is 4.39 Å². The van der Waals surface area contributed by atoms with Crippen LogP contribution in [0.1, 0.15) is 12.0 Å². The second kappa shape index (κ2) is 9.35. The van der Waals surface area contributed by atoms with Gasteiger partial charge in [0.05, 0.1) is 11.5 Å². The van der Waals surface area contributed by atoms with E-state index in [1.807, 2.05) is 17.0 Å². The summed E-state index contributed by atoms with van der Waals surface area (Å²) in [7, 11) is -3.07. The van der Waals surface area contributed by atoms with E-state index in [0.717, 1.165) is 10.0 Å². The fraction of sp³-hybridized carbons (Fsp3) is 0.400. The minimum Gasteiger partial charge on any atom is -0.491 e. The zero-order valence-electron chi connectivity index (χ0n) is 15.3. The average Bonchev–Trinajstić information content (AvgIpc) is 3.01. The molecule has 2 aromatic carbocycles. The molecule has 0 saturated carbocycles. The van der Waals surface area contributed by atoms with E-state index in [-0.39, 0.29) is 36.5 Å². The Morgan fingerprint density at radius 2 is 2.00 bits per heavy atom. The van der Waals surface area contributed by atoms with Crippen LogP contribution in [0.25, 0.3) is 0 Å². The van der Waals surface area contributed by atoms with Crippen molar-refractivity contribution in [1.82, 2.24) is 4.90 Å². The van der Waals surface area contributed by atoms with Gasteiger partial charge in [-0.25, -0.2) is 12.8 Å². The van der Waals surface area contributed by atoms with Gasteiger partial charge in [-0.1, -0.05) is 28.1 Å². The Balaban J connectivity index is 1.64. The van der Waals surface area contributed by atoms with Gasteiger partial charge in [0.1, 0.15) is 24.3 Å². The van der Waals surface area contributed by atoms with Gasteiger partial charge >= 0.3 is 0 Å². The molecule has 1 heterocycles. The standard InChI is InChI=1S/C20H23BrFNO4S/c21-16-4-6-20(7-5-16)27-13-19(24)12-23(18-8-9-28(25,26)14-18)11-15-2-1-3-17(22)10-15/h1-7,10,18-19,24H,8-9,11-14H2. The summed E-state index contributed by atoms with van der Waals surface area (Å²) in [6.07, 6.45) is -0.293. The van der Waals surface area contributed by atoms with Crippen molar-refractivity contribution < 1.29 is 22.7 Å². The van der Waals surface area contributed by atoms with Crippen LogP contribution >= 0.6 is 15.9 Å². The first kappa shape index (κ1) is 21.2. The largest absolute Gasteiger partial charge is 0.491 e. The highest BCUT2D eigenvalue weighted by Gasteiger charge is 2.33. The second-order valence-electron chi connectivity index (χ2n) is 7.03. The molecule has 2 aromatic rings. The molecule has 0 aromatic heterocycles. The first-order chi connectivity index (χ1) is 13.3. The Morgan fingerprint density at radius 3 is 2.64 bits per heavy atom. The SMILES string of the molecule is O=S1(=O)CCC(N(Cc2cccc(F)c2)CC(O)COc2ccc(Br)cc2)C1. The Kier molecular flexibility index (Phi) is 7.09. The number of hydrogen-bond acceptors (Lipinski definition) is 5. The predicted octanol–water partition coefficient (Wildman–Crippen LogP) is 3.02. The number of aliphatic hydroxyl groups excluding tert-OH is 1. The van der Waals surface area contributed by atoms with Crippen LogP contribution in [-0.2, 0) is 16.4 Å². The van der Waals surface area contributed by atoms with Crippen LogP contribution in [0.5, 0.6) is 5.75 Å². The molecule has 0 spiro atoms. The minimum atomic E-state index is -3.07. The zero-order chi connectivity index (χ0) is 20.1. The van der Waals surface area contributed by atoms with E-state index in [4.69, 9.17) is 4.74 Å². The van der Waals surface area contributed by atoms with Crippen molar-refractivity contribution in [1.29, 1.82) is 0 Å². The molecule has 5 nitrogen and oxygen atoms in total. The van der Waals surface area contributed by atoms with Crippen LogP contribution < -0.4 is 4.74 Å². The molecule has 2 atom stereocenters. The van der Waals surface area contributed by atoms with Crippen LogP contribution in [0.3, 0.4) is 0 Å². The summed E-state index contributed by atoms with van der Waals surface area (Å²) in [6.45, 7) is 0.696. The molecule has 28 heavy (non-hydrogen) atoms. The van der Waals surface area contributed by atoms with E-state index in [1.165, 1.54) is 12.1 Å². The molecule has 1 fully saturated rings. The van der Waals surface area contributed by atoms with Gasteiger partial charge in [-0.15, -0.1) is 0 Å². The van der Waals surface area contributed by atoms with Gasteiger partial charge in [-0.2, -0.15) is 0 Å². The van der Waals surface area contributed by atoms with Gasteiger partial charge in [-0.3, -0.25) is 4.90 Å². The Morgan fingerprint density at radius 1 is 1.25 bits per heavy atom. The third kappa shape index (κ3) is 6.27. The molecule has 8 heteroatoms. The number of rotatable bonds is 8. The molecule has 1 aliphatic rings. The van der Waals surface area contributed by atoms with Gasteiger partial charge in [0.15, 0.2) is 9.84 Å². The van der Waals surface area contributed by atoms with E-state index >= 15 is 0 Å². The van der Waals surface area contributed by atoms with Crippen molar-refractivity contribution in [2.75, 3.05) is 24.7 Å². The summed E-state index contributed by atoms with van der Waals surface area (Å²) < 4.78 is 43.9. The normalized spacial score (nSPS) is 19.6. The number of sulfone groups is 1. The van der Waals surface area contributed by atoms with Crippen molar-refractivity contribution in [3.05, 3.63) is 64.4 Å². The first-order valence-electron chi connectivity index (χ1n) is 9.06. The quantitative estimate of drug-likeness (QED) is 0.640. The summed E-state index contributed by atoms with van der Waals surface area (Å²) in [5.74, 6) is 0.504. The number of halogens is 2. The molecule has 3 rings (SSSR count). The number of nitrogens with zero attached hydrogens (tertiary/aromatic N) is 1. The lowest BCUT2D eigenvalue weighted by atomic mass is 10.1. The number of ether oxygens (including phenoxy) is 1. The lowest BCUT2D eigenvalue weighted by Gasteiger charge is -2.30. The number of aliphatic hydroxyl groups is 1. The molecule has 0 radical (unpaired) electrons. The molecule has 0 aliphatic carbocycles. The van der Waals surface area contributed by atoms with E-state index in [9.17, 15) is 17.9 Å². The van der Waals surface area contributed by atoms with Crippen molar-refractivity contribution in [2.24, 2.45) is 0 Å². The summed E-state index contributed by atoms with van der Waals surface area (Å²) in [5.41, 5.74) is 0.741. The maximum absolute atomic E-state index is 13.5. The zero-order valence-corrected chi connectivity index (χ0v) is 17.7. The maximum Gasteiger partial charge on any atom is 0.151 e. The first-order valence-corrected chi connectivity index (χ1v) is 11.7. The fourth-order valence-corrected chi connectivity index (χ4v) is 5.35. The monoisotopic (exact) mass is 471 g/mol. The van der Waals surface area contributed by atoms with Gasteiger partial charge in [-0.05, 0) is 48.4 Å². The predicted molar refractivity (Wildman–Crippen MR) is 110 cm³/mol. The maximum atomic E-state index is 13.5. The molecule has 0 amide bonds. The second-order valence-corrected chi connectivity index (χ2v) is 10.2. The van der Waals surface area contributed by atoms with Crippen LogP contribution in [-0.4, -0.2) is 55.2 Å². The Bertz CT molecular complexity index is 891. The van der Waals surface area contributed by atoms with Gasteiger partial charge in [0.2, 0.25) is 0 Å². The van der Waals surface area contributed by atoms with E-state index < -0.39 is 15.9 Å². The number of hydrogen-bond donors (Lipinski definition) is 1. The van der Waals surface area contributed by atoms with Crippen molar-refractivity contribution in [3.63, 3.8) is 0 Å². The molecule has 152 valence electrons. The Labute approximate surface area is 173 Å². The molecule has 2 unspecified atom stereocenters. The molecule has 0 bridgehead atoms. The highest BCUT2D eigenvalue weighted by molar-refractivity contribution is 9.10. The third-order valence-corrected chi connectivity index (χ3v) is 6.98. The highest BCUT2D eigenvalue weighted by atomic mass is 79.9. The molecule has 1 N–H and O–H groups in total. The lowest BCUT2D eigenvalue weighted by Crippen LogP contribution is -2.42. The molecule has 1 aliphatic heterocycles. The van der Waals surface area contributed by atoms with Crippen molar-refractivity contribution in [2.45, 2.75) is 25.1 Å². The van der Waals surface area contributed by atoms with Crippen molar-refractivity contribution in [3.8, 4) is 5.75 Å². The third-order valence-electron chi connectivity index (χ3n) is 4.70. The van der Waals surface area contributed by atoms with Crippen LogP contribution in [0.15, 0.2) is 53.0 Å². The van der Waals surface area contributed by atoms with Gasteiger partial charge < -0.3 is 9.84 Å². The highest BCUT2D eigenvalue weighted by Crippen LogP contribution is 2.21. The fourth-order valence-electron chi connectivity index (χ4n) is 3.32. The van der Waals surface area contributed by atoms with E-state index in [1.54, 1.807) is 24.3 Å². The van der Waals surface area contributed by atoms with Crippen LogP contribution in [0.2, 0.25) is 0 Å². The van der Waals surface area contributed by atoms with Crippen molar-refractivity contribution >= 4 is 25.8 Å². The van der Waals surface area contributed by atoms with E-state index in [2.05, 4.69) is 15.9 Å². The topological polar surface area (TPSA) is 66.8 Å². The lowest BCUT2D eigenvalue weighted by molar-refractivity contribution is 0.0524. The summed E-state index contributed by atoms with van der Waals surface area (Å²) in [4.78, 5) is 1.91. The molecular formula is C20H23BrFNO4S.